The molecule has 1 aliphatic rings. The standard InChI is InChI=1S/C19H18ClN5O2/c20-14-5-1-2-6-15(14)25-12-13(11-18(25)26)19(27)21-9-8-17-23-22-16-7-3-4-10-24(16)17/h1-7,10,13H,8-9,11-12H2,(H,21,27). The summed E-state index contributed by atoms with van der Waals surface area (Å²) in [5.74, 6) is 0.174. The molecule has 1 aliphatic heterocycles. The molecule has 0 aliphatic carbocycles. The van der Waals surface area contributed by atoms with E-state index < -0.39 is 0 Å². The summed E-state index contributed by atoms with van der Waals surface area (Å²) in [6, 6.07) is 12.8. The van der Waals surface area contributed by atoms with Crippen LogP contribution in [-0.2, 0) is 16.0 Å². The number of nitrogens with zero attached hydrogens (tertiary/aromatic N) is 4. The van der Waals surface area contributed by atoms with E-state index in [4.69, 9.17) is 11.6 Å². The highest BCUT2D eigenvalue weighted by Gasteiger charge is 2.35. The van der Waals surface area contributed by atoms with Gasteiger partial charge < -0.3 is 10.2 Å². The van der Waals surface area contributed by atoms with Crippen LogP contribution in [0.3, 0.4) is 0 Å². The number of rotatable bonds is 5. The van der Waals surface area contributed by atoms with Crippen LogP contribution in [0, 0.1) is 5.92 Å². The maximum absolute atomic E-state index is 12.5. The second kappa shape index (κ2) is 7.36. The number of hydrogen-bond acceptors (Lipinski definition) is 4. The third kappa shape index (κ3) is 3.50. The second-order valence-corrected chi connectivity index (χ2v) is 6.85. The van der Waals surface area contributed by atoms with Gasteiger partial charge in [-0.3, -0.25) is 14.0 Å². The lowest BCUT2D eigenvalue weighted by Gasteiger charge is -2.18. The third-order valence-corrected chi connectivity index (χ3v) is 4.99. The van der Waals surface area contributed by atoms with E-state index >= 15 is 0 Å². The third-order valence-electron chi connectivity index (χ3n) is 4.67. The Morgan fingerprint density at radius 1 is 1.19 bits per heavy atom. The lowest BCUT2D eigenvalue weighted by molar-refractivity contribution is -0.126. The van der Waals surface area contributed by atoms with Gasteiger partial charge in [0.15, 0.2) is 5.65 Å². The monoisotopic (exact) mass is 383 g/mol. The van der Waals surface area contributed by atoms with E-state index in [1.807, 2.05) is 40.9 Å². The minimum atomic E-state index is -0.385. The van der Waals surface area contributed by atoms with Crippen molar-refractivity contribution in [3.63, 3.8) is 0 Å². The van der Waals surface area contributed by atoms with Crippen LogP contribution in [0.15, 0.2) is 48.7 Å². The summed E-state index contributed by atoms with van der Waals surface area (Å²) in [4.78, 5) is 26.4. The molecule has 138 valence electrons. The maximum Gasteiger partial charge on any atom is 0.227 e. The Bertz CT molecular complexity index is 1000. The molecule has 0 spiro atoms. The van der Waals surface area contributed by atoms with Crippen molar-refractivity contribution in [1.82, 2.24) is 19.9 Å². The first-order valence-corrected chi connectivity index (χ1v) is 9.12. The van der Waals surface area contributed by atoms with E-state index in [1.165, 1.54) is 0 Å². The van der Waals surface area contributed by atoms with Crippen molar-refractivity contribution in [2.24, 2.45) is 5.92 Å². The molecule has 1 saturated heterocycles. The summed E-state index contributed by atoms with van der Waals surface area (Å²) in [6.45, 7) is 0.771. The van der Waals surface area contributed by atoms with E-state index in [1.54, 1.807) is 17.0 Å². The number of amides is 2. The van der Waals surface area contributed by atoms with Crippen molar-refractivity contribution in [1.29, 1.82) is 0 Å². The van der Waals surface area contributed by atoms with E-state index in [-0.39, 0.29) is 24.2 Å². The lowest BCUT2D eigenvalue weighted by Crippen LogP contribution is -2.34. The van der Waals surface area contributed by atoms with Gasteiger partial charge in [0.1, 0.15) is 5.82 Å². The van der Waals surface area contributed by atoms with Gasteiger partial charge in [-0.25, -0.2) is 0 Å². The Hall–Kier alpha value is -2.93. The highest BCUT2D eigenvalue weighted by molar-refractivity contribution is 6.33. The van der Waals surface area contributed by atoms with Crippen LogP contribution in [0.25, 0.3) is 5.65 Å². The van der Waals surface area contributed by atoms with Crippen LogP contribution in [0.1, 0.15) is 12.2 Å². The number of carbonyl (C=O) groups is 2. The highest BCUT2D eigenvalue weighted by Crippen LogP contribution is 2.30. The molecule has 1 fully saturated rings. The molecule has 0 bridgehead atoms. The van der Waals surface area contributed by atoms with Gasteiger partial charge in [-0.1, -0.05) is 29.8 Å². The number of nitrogens with one attached hydrogen (secondary N) is 1. The first kappa shape index (κ1) is 17.5. The molecule has 1 unspecified atom stereocenters. The van der Waals surface area contributed by atoms with Crippen LogP contribution >= 0.6 is 11.6 Å². The summed E-state index contributed by atoms with van der Waals surface area (Å²) >= 11 is 6.18. The first-order chi connectivity index (χ1) is 13.1. The van der Waals surface area contributed by atoms with Gasteiger partial charge >= 0.3 is 0 Å². The predicted octanol–water partition coefficient (Wildman–Crippen LogP) is 2.09. The molecule has 3 aromatic rings. The van der Waals surface area contributed by atoms with Crippen molar-refractivity contribution in [3.05, 3.63) is 59.5 Å². The maximum atomic E-state index is 12.5. The molecule has 0 saturated carbocycles. The smallest absolute Gasteiger partial charge is 0.227 e. The summed E-state index contributed by atoms with van der Waals surface area (Å²) in [7, 11) is 0. The Morgan fingerprint density at radius 2 is 2.00 bits per heavy atom. The molecular weight excluding hydrogens is 366 g/mol. The second-order valence-electron chi connectivity index (χ2n) is 6.44. The average molecular weight is 384 g/mol. The Morgan fingerprint density at radius 3 is 2.85 bits per heavy atom. The molecule has 7 nitrogen and oxygen atoms in total. The van der Waals surface area contributed by atoms with Gasteiger partial charge in [0.05, 0.1) is 16.6 Å². The Balaban J connectivity index is 1.35. The molecule has 3 heterocycles. The van der Waals surface area contributed by atoms with Crippen LogP contribution in [-0.4, -0.2) is 39.5 Å². The van der Waals surface area contributed by atoms with Crippen LogP contribution in [0.5, 0.6) is 0 Å². The van der Waals surface area contributed by atoms with Gasteiger partial charge in [0.25, 0.3) is 0 Å². The summed E-state index contributed by atoms with van der Waals surface area (Å²) in [5, 5.41) is 11.6. The first-order valence-electron chi connectivity index (χ1n) is 8.75. The fourth-order valence-corrected chi connectivity index (χ4v) is 3.53. The zero-order valence-corrected chi connectivity index (χ0v) is 15.3. The number of aromatic nitrogens is 3. The van der Waals surface area contributed by atoms with Gasteiger partial charge in [-0.05, 0) is 24.3 Å². The van der Waals surface area contributed by atoms with Crippen molar-refractivity contribution >= 4 is 34.7 Å². The fraction of sp³-hybridized carbons (Fsp3) is 0.263. The van der Waals surface area contributed by atoms with E-state index in [9.17, 15) is 9.59 Å². The van der Waals surface area contributed by atoms with Crippen LogP contribution in [0.2, 0.25) is 5.02 Å². The number of halogens is 1. The summed E-state index contributed by atoms with van der Waals surface area (Å²) in [5.41, 5.74) is 1.42. The van der Waals surface area contributed by atoms with Crippen molar-refractivity contribution in [2.75, 3.05) is 18.0 Å². The summed E-state index contributed by atoms with van der Waals surface area (Å²) in [6.07, 6.45) is 2.64. The molecule has 1 aromatic carbocycles. The number of benzene rings is 1. The van der Waals surface area contributed by atoms with Crippen molar-refractivity contribution in [2.45, 2.75) is 12.8 Å². The molecule has 1 N–H and O–H groups in total. The van der Waals surface area contributed by atoms with Gasteiger partial charge in [-0.15, -0.1) is 10.2 Å². The Labute approximate surface area is 160 Å². The SMILES string of the molecule is O=C(NCCc1nnc2ccccn12)C1CC(=O)N(c2ccccc2Cl)C1. The average Bonchev–Trinajstić information content (AvgIpc) is 3.26. The Kier molecular flexibility index (Phi) is 4.77. The number of carbonyl (C=O) groups excluding carboxylic acids is 2. The normalized spacial score (nSPS) is 16.9. The molecule has 27 heavy (non-hydrogen) atoms. The van der Waals surface area contributed by atoms with Gasteiger partial charge in [-0.2, -0.15) is 0 Å². The minimum absolute atomic E-state index is 0.0910. The number of anilines is 1. The number of para-hydroxylation sites is 1. The molecular formula is C19H18ClN5O2. The summed E-state index contributed by atoms with van der Waals surface area (Å²) < 4.78 is 1.89. The molecule has 0 radical (unpaired) electrons. The number of pyridine rings is 1. The zero-order chi connectivity index (χ0) is 18.8. The minimum Gasteiger partial charge on any atom is -0.355 e. The van der Waals surface area contributed by atoms with Gasteiger partial charge in [0.2, 0.25) is 11.8 Å². The van der Waals surface area contributed by atoms with Crippen molar-refractivity contribution < 1.29 is 9.59 Å². The van der Waals surface area contributed by atoms with Crippen molar-refractivity contribution in [3.8, 4) is 0 Å². The zero-order valence-electron chi connectivity index (χ0n) is 14.5. The van der Waals surface area contributed by atoms with Crippen LogP contribution < -0.4 is 10.2 Å². The largest absolute Gasteiger partial charge is 0.355 e. The molecule has 2 amide bonds. The number of hydrogen-bond donors (Lipinski definition) is 1. The molecule has 4 rings (SSSR count). The molecule has 1 atom stereocenters. The lowest BCUT2D eigenvalue weighted by atomic mass is 10.1. The molecule has 2 aromatic heterocycles. The number of fused-ring (bicyclic) bond motifs is 1. The van der Waals surface area contributed by atoms with E-state index in [2.05, 4.69) is 15.5 Å². The van der Waals surface area contributed by atoms with Crippen LogP contribution in [0.4, 0.5) is 5.69 Å². The van der Waals surface area contributed by atoms with Gasteiger partial charge in [0, 0.05) is 32.1 Å². The van der Waals surface area contributed by atoms with E-state index in [0.717, 1.165) is 11.5 Å². The highest BCUT2D eigenvalue weighted by atomic mass is 35.5. The quantitative estimate of drug-likeness (QED) is 0.731. The van der Waals surface area contributed by atoms with E-state index in [0.29, 0.717) is 30.2 Å². The molecule has 8 heteroatoms. The fourth-order valence-electron chi connectivity index (χ4n) is 3.29. The topological polar surface area (TPSA) is 79.6 Å². The predicted molar refractivity (Wildman–Crippen MR) is 102 cm³/mol.